The van der Waals surface area contributed by atoms with Crippen molar-refractivity contribution in [2.75, 3.05) is 56.9 Å². The summed E-state index contributed by atoms with van der Waals surface area (Å²) in [5.41, 5.74) is 3.52. The number of aromatic nitrogens is 4. The van der Waals surface area contributed by atoms with Gasteiger partial charge < -0.3 is 25.2 Å². The molecule has 0 saturated heterocycles. The number of carbonyl (C=O) groups excluding carboxylic acids is 1. The van der Waals surface area contributed by atoms with E-state index in [4.69, 9.17) is 4.74 Å². The van der Waals surface area contributed by atoms with Gasteiger partial charge in [-0.05, 0) is 38.4 Å². The normalized spacial score (nSPS) is 11.0. The lowest BCUT2D eigenvalue weighted by atomic mass is 10.1. The first-order valence-electron chi connectivity index (χ1n) is 11.5. The van der Waals surface area contributed by atoms with E-state index in [2.05, 4.69) is 37.1 Å². The maximum Gasteiger partial charge on any atom is 0.247 e. The van der Waals surface area contributed by atoms with Gasteiger partial charge in [0.15, 0.2) is 5.65 Å². The smallest absolute Gasteiger partial charge is 0.247 e. The number of ether oxygens (including phenoxy) is 1. The molecule has 0 aliphatic rings. The van der Waals surface area contributed by atoms with Gasteiger partial charge in [-0.15, -0.1) is 0 Å². The minimum Gasteiger partial charge on any atom is -0.494 e. The Bertz CT molecular complexity index is 1440. The molecule has 0 saturated carbocycles. The van der Waals surface area contributed by atoms with Gasteiger partial charge in [0.25, 0.3) is 0 Å². The first kappa shape index (κ1) is 25.6. The van der Waals surface area contributed by atoms with Crippen LogP contribution in [0.1, 0.15) is 0 Å². The van der Waals surface area contributed by atoms with Crippen molar-refractivity contribution >= 4 is 34.6 Å². The lowest BCUT2D eigenvalue weighted by Gasteiger charge is -2.25. The molecule has 2 aromatic carbocycles. The molecule has 0 aliphatic carbocycles. The monoisotopic (exact) mass is 504 g/mol. The molecule has 1 amide bonds. The van der Waals surface area contributed by atoms with Crippen LogP contribution in [0.15, 0.2) is 61.7 Å². The summed E-state index contributed by atoms with van der Waals surface area (Å²) in [6.45, 7) is 5.10. The third-order valence-electron chi connectivity index (χ3n) is 5.68. The number of amides is 1. The summed E-state index contributed by atoms with van der Waals surface area (Å²) in [6, 6.07) is 9.77. The number of rotatable bonds is 10. The molecule has 192 valence electrons. The molecular weight excluding hydrogens is 475 g/mol. The molecule has 0 unspecified atom stereocenters. The van der Waals surface area contributed by atoms with Gasteiger partial charge in [-0.25, -0.2) is 14.4 Å². The van der Waals surface area contributed by atoms with Crippen molar-refractivity contribution in [3.8, 4) is 17.0 Å². The van der Waals surface area contributed by atoms with Gasteiger partial charge in [0.1, 0.15) is 29.9 Å². The molecule has 37 heavy (non-hydrogen) atoms. The molecule has 0 atom stereocenters. The third kappa shape index (κ3) is 5.84. The molecule has 2 heterocycles. The zero-order chi connectivity index (χ0) is 26.5. The van der Waals surface area contributed by atoms with Crippen LogP contribution in [0, 0.1) is 5.82 Å². The van der Waals surface area contributed by atoms with E-state index in [1.54, 1.807) is 42.4 Å². The molecule has 4 aromatic rings. The highest BCUT2D eigenvalue weighted by atomic mass is 19.1. The summed E-state index contributed by atoms with van der Waals surface area (Å²) in [4.78, 5) is 29.7. The number of anilines is 4. The highest BCUT2D eigenvalue weighted by Gasteiger charge is 2.17. The van der Waals surface area contributed by atoms with Crippen molar-refractivity contribution in [2.45, 2.75) is 0 Å². The maximum absolute atomic E-state index is 13.8. The SMILES string of the molecule is C=CC(=O)Nc1cc(Nc2ncn3cnc(-c4cccc(F)c4)c3n2)c(OC)cc1N(C)CCN(C)C. The largest absolute Gasteiger partial charge is 0.494 e. The second-order valence-electron chi connectivity index (χ2n) is 8.63. The zero-order valence-corrected chi connectivity index (χ0v) is 21.2. The fourth-order valence-corrected chi connectivity index (χ4v) is 3.72. The lowest BCUT2D eigenvalue weighted by Crippen LogP contribution is -2.29. The van der Waals surface area contributed by atoms with E-state index in [1.807, 2.05) is 32.1 Å². The van der Waals surface area contributed by atoms with Crippen LogP contribution in [-0.4, -0.2) is 71.5 Å². The number of halogens is 1. The minimum absolute atomic E-state index is 0.277. The molecule has 0 bridgehead atoms. The summed E-state index contributed by atoms with van der Waals surface area (Å²) in [5.74, 6) is 0.111. The van der Waals surface area contributed by atoms with Crippen molar-refractivity contribution in [1.82, 2.24) is 24.3 Å². The van der Waals surface area contributed by atoms with Crippen LogP contribution in [0.4, 0.5) is 27.4 Å². The number of imidazole rings is 1. The Morgan fingerprint density at radius 2 is 1.92 bits per heavy atom. The number of hydrogen-bond acceptors (Lipinski definition) is 8. The lowest BCUT2D eigenvalue weighted by molar-refractivity contribution is -0.111. The molecule has 10 nitrogen and oxygen atoms in total. The van der Waals surface area contributed by atoms with E-state index in [9.17, 15) is 9.18 Å². The Balaban J connectivity index is 1.72. The Labute approximate surface area is 214 Å². The molecule has 0 spiro atoms. The van der Waals surface area contributed by atoms with Crippen LogP contribution in [-0.2, 0) is 4.79 Å². The number of benzene rings is 2. The van der Waals surface area contributed by atoms with E-state index in [0.29, 0.717) is 34.0 Å². The Morgan fingerprint density at radius 1 is 1.14 bits per heavy atom. The van der Waals surface area contributed by atoms with E-state index in [-0.39, 0.29) is 17.7 Å². The van der Waals surface area contributed by atoms with E-state index in [0.717, 1.165) is 18.8 Å². The fourth-order valence-electron chi connectivity index (χ4n) is 3.72. The zero-order valence-electron chi connectivity index (χ0n) is 21.2. The van der Waals surface area contributed by atoms with Gasteiger partial charge in [-0.2, -0.15) is 4.98 Å². The summed E-state index contributed by atoms with van der Waals surface area (Å²) < 4.78 is 21.1. The van der Waals surface area contributed by atoms with Crippen molar-refractivity contribution < 1.29 is 13.9 Å². The van der Waals surface area contributed by atoms with Gasteiger partial charge in [-0.3, -0.25) is 9.20 Å². The average Bonchev–Trinajstić information content (AvgIpc) is 3.30. The summed E-state index contributed by atoms with van der Waals surface area (Å²) in [6.07, 6.45) is 4.35. The summed E-state index contributed by atoms with van der Waals surface area (Å²) in [7, 11) is 7.51. The second kappa shape index (κ2) is 11.0. The number of methoxy groups -OCH3 is 1. The minimum atomic E-state index is -0.361. The van der Waals surface area contributed by atoms with Crippen LogP contribution in [0.2, 0.25) is 0 Å². The molecular formula is C26H29FN8O2. The van der Waals surface area contributed by atoms with Gasteiger partial charge >= 0.3 is 0 Å². The summed E-state index contributed by atoms with van der Waals surface area (Å²) in [5, 5.41) is 6.05. The molecule has 2 aromatic heterocycles. The number of nitrogens with one attached hydrogen (secondary N) is 2. The van der Waals surface area contributed by atoms with Gasteiger partial charge in [0.2, 0.25) is 11.9 Å². The number of nitrogens with zero attached hydrogens (tertiary/aromatic N) is 6. The molecule has 2 N–H and O–H groups in total. The van der Waals surface area contributed by atoms with E-state index < -0.39 is 0 Å². The highest BCUT2D eigenvalue weighted by molar-refractivity contribution is 6.02. The first-order chi connectivity index (χ1) is 17.8. The first-order valence-corrected chi connectivity index (χ1v) is 11.5. The molecule has 0 fully saturated rings. The topological polar surface area (TPSA) is 99.9 Å². The predicted molar refractivity (Wildman–Crippen MR) is 143 cm³/mol. The molecule has 0 radical (unpaired) electrons. The van der Waals surface area contributed by atoms with Crippen molar-refractivity contribution in [1.29, 1.82) is 0 Å². The van der Waals surface area contributed by atoms with Crippen LogP contribution >= 0.6 is 0 Å². The van der Waals surface area contributed by atoms with Crippen molar-refractivity contribution in [2.24, 2.45) is 0 Å². The molecule has 0 aliphatic heterocycles. The Kier molecular flexibility index (Phi) is 7.63. The second-order valence-corrected chi connectivity index (χ2v) is 8.63. The number of fused-ring (bicyclic) bond motifs is 1. The number of hydrogen-bond donors (Lipinski definition) is 2. The van der Waals surface area contributed by atoms with Crippen molar-refractivity contribution in [3.05, 3.63) is 67.5 Å². The van der Waals surface area contributed by atoms with Gasteiger partial charge in [-0.1, -0.05) is 18.7 Å². The maximum atomic E-state index is 13.8. The summed E-state index contributed by atoms with van der Waals surface area (Å²) >= 11 is 0. The quantitative estimate of drug-likeness (QED) is 0.315. The predicted octanol–water partition coefficient (Wildman–Crippen LogP) is 3.80. The third-order valence-corrected chi connectivity index (χ3v) is 5.68. The Morgan fingerprint density at radius 3 is 2.62 bits per heavy atom. The Hall–Kier alpha value is -4.51. The average molecular weight is 505 g/mol. The highest BCUT2D eigenvalue weighted by Crippen LogP contribution is 2.38. The number of likely N-dealkylation sites (N-methyl/N-ethyl adjacent to an activating group) is 2. The van der Waals surface area contributed by atoms with E-state index >= 15 is 0 Å². The van der Waals surface area contributed by atoms with Crippen molar-refractivity contribution in [3.63, 3.8) is 0 Å². The molecule has 4 rings (SSSR count). The van der Waals surface area contributed by atoms with Gasteiger partial charge in [0.05, 0.1) is 24.2 Å². The van der Waals surface area contributed by atoms with Crippen LogP contribution in [0.25, 0.3) is 16.9 Å². The van der Waals surface area contributed by atoms with Gasteiger partial charge in [0, 0.05) is 31.8 Å². The van der Waals surface area contributed by atoms with E-state index in [1.165, 1.54) is 18.2 Å². The van der Waals surface area contributed by atoms with Crippen LogP contribution < -0.4 is 20.3 Å². The standard InChI is InChI=1S/C26H29FN8O2/c1-6-23(36)30-19-13-20(22(37-5)14-21(19)34(4)11-10-33(2)3)31-26-29-16-35-15-28-24(25(35)32-26)17-8-7-9-18(27)12-17/h6-9,12-16H,1,10-11H2,2-5H3,(H,30,36)(H,31,32). The van der Waals surface area contributed by atoms with Crippen LogP contribution in [0.5, 0.6) is 5.75 Å². The van der Waals surface area contributed by atoms with Crippen LogP contribution in [0.3, 0.4) is 0 Å². The fraction of sp³-hybridized carbons (Fsp3) is 0.231. The number of carbonyl (C=O) groups is 1. The molecule has 11 heteroatoms.